The van der Waals surface area contributed by atoms with E-state index in [4.69, 9.17) is 10.5 Å². The Hall–Kier alpha value is -2.96. The van der Waals surface area contributed by atoms with Gasteiger partial charge in [-0.2, -0.15) is 0 Å². The second kappa shape index (κ2) is 5.20. The molecular weight excluding hydrogens is 273 g/mol. The summed E-state index contributed by atoms with van der Waals surface area (Å²) in [5, 5.41) is 12.0. The number of tetrazole rings is 1. The maximum atomic E-state index is 14.0. The maximum Gasteiger partial charge on any atom is 0.205 e. The topological polar surface area (TPSA) is 78.8 Å². The molecule has 1 aromatic heterocycles. The van der Waals surface area contributed by atoms with Gasteiger partial charge in [0.25, 0.3) is 0 Å². The van der Waals surface area contributed by atoms with Crippen LogP contribution in [0, 0.1) is 5.82 Å². The molecule has 1 heterocycles. The number of benzene rings is 2. The molecule has 0 aliphatic heterocycles. The summed E-state index contributed by atoms with van der Waals surface area (Å²) in [5.74, 6) is 0.209. The molecule has 3 rings (SSSR count). The second-order valence-electron chi connectivity index (χ2n) is 4.31. The summed E-state index contributed by atoms with van der Waals surface area (Å²) in [7, 11) is 1.46. The van der Waals surface area contributed by atoms with Gasteiger partial charge in [0.05, 0.1) is 12.8 Å². The SMILES string of the molecule is COc1cc(-n2nnc(-c3ccccc3)n2)c(F)cc1N. The lowest BCUT2D eigenvalue weighted by molar-refractivity contribution is 0.415. The number of nitrogen functional groups attached to an aromatic ring is 1. The highest BCUT2D eigenvalue weighted by Crippen LogP contribution is 2.26. The molecule has 0 amide bonds. The fourth-order valence-corrected chi connectivity index (χ4v) is 1.91. The fraction of sp³-hybridized carbons (Fsp3) is 0.0714. The average Bonchev–Trinajstić information content (AvgIpc) is 2.98. The molecule has 0 fully saturated rings. The van der Waals surface area contributed by atoms with E-state index >= 15 is 0 Å². The third-order valence-electron chi connectivity index (χ3n) is 2.96. The summed E-state index contributed by atoms with van der Waals surface area (Å²) >= 11 is 0. The first kappa shape index (κ1) is 13.0. The Morgan fingerprint density at radius 1 is 1.19 bits per heavy atom. The zero-order valence-electron chi connectivity index (χ0n) is 11.2. The summed E-state index contributed by atoms with van der Waals surface area (Å²) < 4.78 is 19.1. The standard InChI is InChI=1S/C14H12FN5O/c1-21-13-8-12(10(15)7-11(13)16)20-18-14(17-19-20)9-5-3-2-4-6-9/h2-8H,16H2,1H3. The molecule has 106 valence electrons. The Morgan fingerprint density at radius 2 is 1.95 bits per heavy atom. The molecule has 0 bridgehead atoms. The quantitative estimate of drug-likeness (QED) is 0.745. The van der Waals surface area contributed by atoms with Gasteiger partial charge in [-0.15, -0.1) is 15.0 Å². The minimum absolute atomic E-state index is 0.121. The van der Waals surface area contributed by atoms with Crippen molar-refractivity contribution in [1.82, 2.24) is 20.2 Å². The van der Waals surface area contributed by atoms with E-state index in [9.17, 15) is 4.39 Å². The predicted molar refractivity (Wildman–Crippen MR) is 75.5 cm³/mol. The molecule has 0 aliphatic rings. The number of halogens is 1. The number of methoxy groups -OCH3 is 1. The molecule has 6 nitrogen and oxygen atoms in total. The van der Waals surface area contributed by atoms with Crippen LogP contribution in [-0.2, 0) is 0 Å². The van der Waals surface area contributed by atoms with Gasteiger partial charge < -0.3 is 10.5 Å². The van der Waals surface area contributed by atoms with Crippen LogP contribution in [0.15, 0.2) is 42.5 Å². The minimum Gasteiger partial charge on any atom is -0.495 e. The van der Waals surface area contributed by atoms with Gasteiger partial charge in [-0.1, -0.05) is 30.3 Å². The largest absolute Gasteiger partial charge is 0.495 e. The summed E-state index contributed by atoms with van der Waals surface area (Å²) in [6.45, 7) is 0. The van der Waals surface area contributed by atoms with Crippen molar-refractivity contribution < 1.29 is 9.13 Å². The third-order valence-corrected chi connectivity index (χ3v) is 2.96. The molecule has 0 atom stereocenters. The predicted octanol–water partition coefficient (Wildman–Crippen LogP) is 2.06. The van der Waals surface area contributed by atoms with Crippen LogP contribution in [0.1, 0.15) is 0 Å². The first-order valence-electron chi connectivity index (χ1n) is 6.18. The molecule has 7 heteroatoms. The Labute approximate surface area is 120 Å². The van der Waals surface area contributed by atoms with E-state index < -0.39 is 5.82 Å². The van der Waals surface area contributed by atoms with Gasteiger partial charge in [-0.25, -0.2) is 4.39 Å². The van der Waals surface area contributed by atoms with E-state index in [1.807, 2.05) is 30.3 Å². The summed E-state index contributed by atoms with van der Waals surface area (Å²) in [6.07, 6.45) is 0. The smallest absolute Gasteiger partial charge is 0.205 e. The number of anilines is 1. The molecule has 0 saturated heterocycles. The molecule has 0 unspecified atom stereocenters. The van der Waals surface area contributed by atoms with Crippen LogP contribution >= 0.6 is 0 Å². The van der Waals surface area contributed by atoms with E-state index in [0.717, 1.165) is 10.4 Å². The number of nitrogens with zero attached hydrogens (tertiary/aromatic N) is 4. The van der Waals surface area contributed by atoms with E-state index in [-0.39, 0.29) is 11.4 Å². The number of rotatable bonds is 3. The van der Waals surface area contributed by atoms with Crippen LogP contribution in [0.25, 0.3) is 17.1 Å². The van der Waals surface area contributed by atoms with Crippen LogP contribution in [0.5, 0.6) is 5.75 Å². The van der Waals surface area contributed by atoms with Gasteiger partial charge in [-0.05, 0) is 5.21 Å². The van der Waals surface area contributed by atoms with Crippen molar-refractivity contribution in [1.29, 1.82) is 0 Å². The first-order chi connectivity index (χ1) is 10.2. The molecule has 0 spiro atoms. The Balaban J connectivity index is 2.04. The van der Waals surface area contributed by atoms with Crippen LogP contribution in [0.2, 0.25) is 0 Å². The monoisotopic (exact) mass is 285 g/mol. The average molecular weight is 285 g/mol. The lowest BCUT2D eigenvalue weighted by atomic mass is 10.2. The number of hydrogen-bond donors (Lipinski definition) is 1. The molecule has 0 aliphatic carbocycles. The van der Waals surface area contributed by atoms with Crippen LogP contribution in [0.3, 0.4) is 0 Å². The van der Waals surface area contributed by atoms with Gasteiger partial charge in [-0.3, -0.25) is 0 Å². The van der Waals surface area contributed by atoms with Crippen molar-refractivity contribution in [3.8, 4) is 22.8 Å². The van der Waals surface area contributed by atoms with Crippen molar-refractivity contribution in [2.45, 2.75) is 0 Å². The molecular formula is C14H12FN5O. The number of aromatic nitrogens is 4. The van der Waals surface area contributed by atoms with Gasteiger partial charge in [0, 0.05) is 17.7 Å². The fourth-order valence-electron chi connectivity index (χ4n) is 1.91. The van der Waals surface area contributed by atoms with E-state index in [0.29, 0.717) is 11.6 Å². The Bertz CT molecular complexity index is 772. The number of hydrogen-bond acceptors (Lipinski definition) is 5. The highest BCUT2D eigenvalue weighted by Gasteiger charge is 2.14. The number of nitrogens with two attached hydrogens (primary N) is 1. The summed E-state index contributed by atoms with van der Waals surface area (Å²) in [5.41, 5.74) is 6.77. The van der Waals surface area contributed by atoms with E-state index in [2.05, 4.69) is 15.4 Å². The Kier molecular flexibility index (Phi) is 3.23. The number of ether oxygens (including phenoxy) is 1. The molecule has 21 heavy (non-hydrogen) atoms. The first-order valence-corrected chi connectivity index (χ1v) is 6.18. The molecule has 2 aromatic carbocycles. The van der Waals surface area contributed by atoms with Gasteiger partial charge in [0.2, 0.25) is 5.82 Å². The normalized spacial score (nSPS) is 10.6. The van der Waals surface area contributed by atoms with Crippen LogP contribution < -0.4 is 10.5 Å². The van der Waals surface area contributed by atoms with Crippen molar-refractivity contribution in [3.63, 3.8) is 0 Å². The van der Waals surface area contributed by atoms with Crippen molar-refractivity contribution in [2.24, 2.45) is 0 Å². The maximum absolute atomic E-state index is 14.0. The van der Waals surface area contributed by atoms with E-state index in [1.54, 1.807) is 0 Å². The van der Waals surface area contributed by atoms with Gasteiger partial charge >= 0.3 is 0 Å². The van der Waals surface area contributed by atoms with Crippen molar-refractivity contribution in [3.05, 3.63) is 48.3 Å². The van der Waals surface area contributed by atoms with Gasteiger partial charge in [0.15, 0.2) is 5.82 Å². The van der Waals surface area contributed by atoms with Gasteiger partial charge in [0.1, 0.15) is 11.4 Å². The minimum atomic E-state index is -0.551. The second-order valence-corrected chi connectivity index (χ2v) is 4.31. The molecule has 0 saturated carbocycles. The lowest BCUT2D eigenvalue weighted by Crippen LogP contribution is -2.04. The van der Waals surface area contributed by atoms with Crippen LogP contribution in [-0.4, -0.2) is 27.3 Å². The molecule has 0 radical (unpaired) electrons. The van der Waals surface area contributed by atoms with E-state index in [1.165, 1.54) is 19.2 Å². The summed E-state index contributed by atoms with van der Waals surface area (Å²) in [4.78, 5) is 1.11. The zero-order valence-corrected chi connectivity index (χ0v) is 11.2. The summed E-state index contributed by atoms with van der Waals surface area (Å²) in [6, 6.07) is 11.9. The molecule has 3 aromatic rings. The van der Waals surface area contributed by atoms with Crippen molar-refractivity contribution >= 4 is 5.69 Å². The van der Waals surface area contributed by atoms with Crippen LogP contribution in [0.4, 0.5) is 10.1 Å². The van der Waals surface area contributed by atoms with Crippen molar-refractivity contribution in [2.75, 3.05) is 12.8 Å². The zero-order chi connectivity index (χ0) is 14.8. The third kappa shape index (κ3) is 2.40. The highest BCUT2D eigenvalue weighted by molar-refractivity contribution is 5.58. The Morgan fingerprint density at radius 3 is 2.67 bits per heavy atom. The lowest BCUT2D eigenvalue weighted by Gasteiger charge is -2.07. The molecule has 2 N–H and O–H groups in total. The highest BCUT2D eigenvalue weighted by atomic mass is 19.1.